The van der Waals surface area contributed by atoms with Gasteiger partial charge in [0.15, 0.2) is 0 Å². The van der Waals surface area contributed by atoms with Gasteiger partial charge in [0, 0.05) is 16.3 Å². The second-order valence-corrected chi connectivity index (χ2v) is 5.62. The van der Waals surface area contributed by atoms with Crippen molar-refractivity contribution in [3.05, 3.63) is 65.0 Å². The van der Waals surface area contributed by atoms with Gasteiger partial charge < -0.3 is 15.1 Å². The lowest BCUT2D eigenvalue weighted by atomic mass is 10.1. The van der Waals surface area contributed by atoms with Crippen molar-refractivity contribution in [2.45, 2.75) is 13.5 Å². The third kappa shape index (κ3) is 4.11. The highest BCUT2D eigenvalue weighted by Crippen LogP contribution is 2.18. The van der Waals surface area contributed by atoms with Crippen molar-refractivity contribution >= 4 is 23.3 Å². The van der Waals surface area contributed by atoms with E-state index >= 15 is 0 Å². The van der Waals surface area contributed by atoms with Crippen LogP contribution in [0.2, 0.25) is 5.02 Å². The molecule has 0 saturated carbocycles. The van der Waals surface area contributed by atoms with E-state index in [1.165, 1.54) is 0 Å². The molecule has 122 valence electrons. The first-order valence-corrected chi connectivity index (χ1v) is 7.68. The summed E-state index contributed by atoms with van der Waals surface area (Å²) in [5.41, 5.74) is 2.63. The number of nitrogens with one attached hydrogen (secondary N) is 2. The van der Waals surface area contributed by atoms with Crippen LogP contribution in [0.4, 0.5) is 10.5 Å². The zero-order chi connectivity index (χ0) is 16.9. The van der Waals surface area contributed by atoms with Crippen LogP contribution in [0.25, 0.3) is 11.5 Å². The zero-order valence-electron chi connectivity index (χ0n) is 12.9. The molecule has 7 heteroatoms. The SMILES string of the molecule is Cc1ccc(-c2nnc(CNC(=O)Nc3ccc(Cl)cc3)o2)cc1. The first-order valence-electron chi connectivity index (χ1n) is 7.30. The Morgan fingerprint density at radius 1 is 1.08 bits per heavy atom. The molecule has 0 unspecified atom stereocenters. The maximum Gasteiger partial charge on any atom is 0.319 e. The molecule has 1 heterocycles. The number of benzene rings is 2. The molecule has 3 aromatic rings. The number of anilines is 1. The molecule has 2 N–H and O–H groups in total. The second-order valence-electron chi connectivity index (χ2n) is 5.18. The van der Waals surface area contributed by atoms with Crippen LogP contribution in [0, 0.1) is 6.92 Å². The summed E-state index contributed by atoms with van der Waals surface area (Å²) in [5.74, 6) is 0.752. The molecule has 0 spiro atoms. The van der Waals surface area contributed by atoms with Crippen LogP contribution in [-0.2, 0) is 6.54 Å². The van der Waals surface area contributed by atoms with Crippen LogP contribution >= 0.6 is 11.6 Å². The van der Waals surface area contributed by atoms with Gasteiger partial charge in [-0.1, -0.05) is 29.3 Å². The van der Waals surface area contributed by atoms with E-state index in [4.69, 9.17) is 16.0 Å². The molecule has 0 atom stereocenters. The molecule has 0 aliphatic carbocycles. The molecule has 0 bridgehead atoms. The smallest absolute Gasteiger partial charge is 0.319 e. The Kier molecular flexibility index (Phi) is 4.77. The monoisotopic (exact) mass is 342 g/mol. The number of hydrogen-bond donors (Lipinski definition) is 2. The molecular formula is C17H15ClN4O2. The summed E-state index contributed by atoms with van der Waals surface area (Å²) in [6.07, 6.45) is 0. The fourth-order valence-corrected chi connectivity index (χ4v) is 2.13. The van der Waals surface area contributed by atoms with Crippen molar-refractivity contribution in [3.63, 3.8) is 0 Å². The molecule has 0 radical (unpaired) electrons. The number of urea groups is 1. The number of aromatic nitrogens is 2. The Morgan fingerprint density at radius 2 is 1.79 bits per heavy atom. The van der Waals surface area contributed by atoms with Crippen molar-refractivity contribution in [3.8, 4) is 11.5 Å². The summed E-state index contributed by atoms with van der Waals surface area (Å²) in [4.78, 5) is 11.8. The van der Waals surface area contributed by atoms with Crippen molar-refractivity contribution < 1.29 is 9.21 Å². The van der Waals surface area contributed by atoms with E-state index in [-0.39, 0.29) is 12.6 Å². The summed E-state index contributed by atoms with van der Waals surface area (Å²) in [6, 6.07) is 14.2. The number of amides is 2. The first-order chi connectivity index (χ1) is 11.6. The van der Waals surface area contributed by atoms with Crippen molar-refractivity contribution in [2.75, 3.05) is 5.32 Å². The number of rotatable bonds is 4. The molecule has 0 aliphatic rings. The minimum absolute atomic E-state index is 0.137. The molecule has 24 heavy (non-hydrogen) atoms. The topological polar surface area (TPSA) is 80.0 Å². The summed E-state index contributed by atoms with van der Waals surface area (Å²) in [6.45, 7) is 2.14. The normalized spacial score (nSPS) is 10.4. The van der Waals surface area contributed by atoms with Crippen molar-refractivity contribution in [1.29, 1.82) is 0 Å². The Morgan fingerprint density at radius 3 is 2.50 bits per heavy atom. The van der Waals surface area contributed by atoms with E-state index in [0.29, 0.717) is 22.5 Å². The maximum absolute atomic E-state index is 11.8. The average molecular weight is 343 g/mol. The molecule has 0 fully saturated rings. The third-order valence-electron chi connectivity index (χ3n) is 3.27. The van der Waals surface area contributed by atoms with E-state index in [1.54, 1.807) is 24.3 Å². The van der Waals surface area contributed by atoms with Gasteiger partial charge in [0.2, 0.25) is 11.8 Å². The van der Waals surface area contributed by atoms with Gasteiger partial charge in [0.1, 0.15) is 0 Å². The first kappa shape index (κ1) is 16.0. The van der Waals surface area contributed by atoms with Gasteiger partial charge in [0.25, 0.3) is 0 Å². The van der Waals surface area contributed by atoms with E-state index in [2.05, 4.69) is 20.8 Å². The quantitative estimate of drug-likeness (QED) is 0.750. The van der Waals surface area contributed by atoms with Crippen LogP contribution < -0.4 is 10.6 Å². The molecular weight excluding hydrogens is 328 g/mol. The maximum atomic E-state index is 11.8. The Balaban J connectivity index is 1.56. The van der Waals surface area contributed by atoms with Crippen LogP contribution in [-0.4, -0.2) is 16.2 Å². The lowest BCUT2D eigenvalue weighted by Gasteiger charge is -2.05. The van der Waals surface area contributed by atoms with Gasteiger partial charge in [-0.25, -0.2) is 4.79 Å². The second kappa shape index (κ2) is 7.14. The van der Waals surface area contributed by atoms with Gasteiger partial charge >= 0.3 is 6.03 Å². The van der Waals surface area contributed by atoms with Crippen LogP contribution in [0.5, 0.6) is 0 Å². The molecule has 6 nitrogen and oxygen atoms in total. The predicted molar refractivity (Wildman–Crippen MR) is 91.8 cm³/mol. The van der Waals surface area contributed by atoms with Crippen LogP contribution in [0.1, 0.15) is 11.5 Å². The van der Waals surface area contributed by atoms with Gasteiger partial charge in [-0.15, -0.1) is 10.2 Å². The predicted octanol–water partition coefficient (Wildman–Crippen LogP) is 4.02. The standard InChI is InChI=1S/C17H15ClN4O2/c1-11-2-4-12(5-3-11)16-22-21-15(24-16)10-19-17(23)20-14-8-6-13(18)7-9-14/h2-9H,10H2,1H3,(H2,19,20,23). The summed E-state index contributed by atoms with van der Waals surface area (Å²) in [5, 5.41) is 13.9. The van der Waals surface area contributed by atoms with Gasteiger partial charge in [-0.2, -0.15) is 0 Å². The van der Waals surface area contributed by atoms with Gasteiger partial charge in [-0.05, 0) is 43.3 Å². The Labute approximate surface area is 143 Å². The molecule has 0 saturated heterocycles. The minimum atomic E-state index is -0.368. The third-order valence-corrected chi connectivity index (χ3v) is 3.52. The summed E-state index contributed by atoms with van der Waals surface area (Å²) < 4.78 is 5.54. The Bertz CT molecular complexity index is 829. The minimum Gasteiger partial charge on any atom is -0.419 e. The largest absolute Gasteiger partial charge is 0.419 e. The number of halogens is 1. The molecule has 2 amide bonds. The van der Waals surface area contributed by atoms with Crippen LogP contribution in [0.3, 0.4) is 0 Å². The van der Waals surface area contributed by atoms with Crippen molar-refractivity contribution in [1.82, 2.24) is 15.5 Å². The van der Waals surface area contributed by atoms with Crippen LogP contribution in [0.15, 0.2) is 52.9 Å². The number of carbonyl (C=O) groups excluding carboxylic acids is 1. The van der Waals surface area contributed by atoms with Gasteiger partial charge in [-0.3, -0.25) is 0 Å². The lowest BCUT2D eigenvalue weighted by molar-refractivity contribution is 0.250. The van der Waals surface area contributed by atoms with E-state index in [0.717, 1.165) is 11.1 Å². The zero-order valence-corrected chi connectivity index (χ0v) is 13.7. The van der Waals surface area contributed by atoms with Crippen molar-refractivity contribution in [2.24, 2.45) is 0 Å². The fourth-order valence-electron chi connectivity index (χ4n) is 2.00. The summed E-state index contributed by atoms with van der Waals surface area (Å²) in [7, 11) is 0. The molecule has 1 aromatic heterocycles. The van der Waals surface area contributed by atoms with E-state index < -0.39 is 0 Å². The van der Waals surface area contributed by atoms with Gasteiger partial charge in [0.05, 0.1) is 6.54 Å². The number of aryl methyl sites for hydroxylation is 1. The molecule has 3 rings (SSSR count). The van der Waals surface area contributed by atoms with E-state index in [1.807, 2.05) is 31.2 Å². The summed E-state index contributed by atoms with van der Waals surface area (Å²) >= 11 is 5.79. The Hall–Kier alpha value is -2.86. The number of carbonyl (C=O) groups is 1. The lowest BCUT2D eigenvalue weighted by Crippen LogP contribution is -2.28. The molecule has 2 aromatic carbocycles. The average Bonchev–Trinajstić information content (AvgIpc) is 3.05. The fraction of sp³-hybridized carbons (Fsp3) is 0.118. The molecule has 0 aliphatic heterocycles. The van der Waals surface area contributed by atoms with E-state index in [9.17, 15) is 4.79 Å². The number of hydrogen-bond acceptors (Lipinski definition) is 4. The number of nitrogens with zero attached hydrogens (tertiary/aromatic N) is 2. The highest BCUT2D eigenvalue weighted by Gasteiger charge is 2.09. The highest BCUT2D eigenvalue weighted by atomic mass is 35.5. The highest BCUT2D eigenvalue weighted by molar-refractivity contribution is 6.30.